The highest BCUT2D eigenvalue weighted by atomic mass is 127. The van der Waals surface area contributed by atoms with Crippen molar-refractivity contribution >= 4 is 53.1 Å². The fourth-order valence-electron chi connectivity index (χ4n) is 4.43. The lowest BCUT2D eigenvalue weighted by molar-refractivity contribution is 0.344. The Bertz CT molecular complexity index is 627. The zero-order valence-corrected chi connectivity index (χ0v) is 22.6. The van der Waals surface area contributed by atoms with Crippen molar-refractivity contribution in [2.45, 2.75) is 65.2 Å². The molecule has 178 valence electrons. The first-order valence-corrected chi connectivity index (χ1v) is 12.5. The molecule has 0 radical (unpaired) electrons. The van der Waals surface area contributed by atoms with Gasteiger partial charge < -0.3 is 11.5 Å². The predicted molar refractivity (Wildman–Crippen MR) is 145 cm³/mol. The quantitative estimate of drug-likeness (QED) is 0.292. The Balaban J connectivity index is 0.000000246. The highest BCUT2D eigenvalue weighted by molar-refractivity contribution is 14.0. The minimum atomic E-state index is 0. The minimum absolute atomic E-state index is 0. The van der Waals surface area contributed by atoms with Gasteiger partial charge in [-0.2, -0.15) is 15.3 Å². The lowest BCUT2D eigenvalue weighted by atomic mass is 9.88. The lowest BCUT2D eigenvalue weighted by Crippen LogP contribution is -2.36. The Labute approximate surface area is 209 Å². The Morgan fingerprint density at radius 3 is 2.00 bits per heavy atom. The summed E-state index contributed by atoms with van der Waals surface area (Å²) < 4.78 is 0. The number of rotatable bonds is 2. The van der Waals surface area contributed by atoms with Crippen LogP contribution in [0.5, 0.6) is 0 Å². The number of hydrogen-bond donors (Lipinski definition) is 2. The van der Waals surface area contributed by atoms with Gasteiger partial charge in [-0.15, -0.1) is 24.0 Å². The van der Waals surface area contributed by atoms with Crippen LogP contribution in [-0.4, -0.2) is 61.3 Å². The van der Waals surface area contributed by atoms with Crippen LogP contribution < -0.4 is 11.5 Å². The summed E-state index contributed by atoms with van der Waals surface area (Å²) in [6.45, 7) is 8.43. The number of guanidine groups is 1. The SMILES string of the molecule is C1CCC2(C1)CN=NC2.CCN=C(N)N1CC2(C=N1)CCCC2.CCN=C(N)SC.I. The maximum absolute atomic E-state index is 5.80. The van der Waals surface area contributed by atoms with Gasteiger partial charge in [0.1, 0.15) is 0 Å². The van der Waals surface area contributed by atoms with E-state index in [9.17, 15) is 0 Å². The molecule has 0 unspecified atom stereocenters. The van der Waals surface area contributed by atoms with Crippen molar-refractivity contribution in [1.82, 2.24) is 5.01 Å². The number of nitrogens with zero attached hydrogens (tertiary/aromatic N) is 6. The number of amidine groups is 1. The van der Waals surface area contributed by atoms with E-state index in [0.717, 1.165) is 32.7 Å². The first-order valence-electron chi connectivity index (χ1n) is 11.3. The molecule has 8 nitrogen and oxygen atoms in total. The first-order chi connectivity index (χ1) is 14.5. The number of hydrogen-bond acceptors (Lipinski definition) is 6. The first kappa shape index (κ1) is 28.1. The van der Waals surface area contributed by atoms with E-state index < -0.39 is 0 Å². The predicted octanol–water partition coefficient (Wildman–Crippen LogP) is 4.50. The molecular formula is C21H41IN8S. The largest absolute Gasteiger partial charge is 0.379 e. The Hall–Kier alpha value is -0.910. The topological polar surface area (TPSA) is 117 Å². The monoisotopic (exact) mass is 564 g/mol. The van der Waals surface area contributed by atoms with Gasteiger partial charge in [0.2, 0.25) is 5.96 Å². The van der Waals surface area contributed by atoms with Crippen molar-refractivity contribution in [2.24, 2.45) is 47.6 Å². The third-order valence-electron chi connectivity index (χ3n) is 6.22. The van der Waals surface area contributed by atoms with Gasteiger partial charge in [0.15, 0.2) is 5.17 Å². The van der Waals surface area contributed by atoms with Gasteiger partial charge in [-0.05, 0) is 45.8 Å². The van der Waals surface area contributed by atoms with Crippen LogP contribution in [0.4, 0.5) is 0 Å². The molecule has 0 aromatic rings. The van der Waals surface area contributed by atoms with Crippen molar-refractivity contribution in [1.29, 1.82) is 0 Å². The van der Waals surface area contributed by atoms with Gasteiger partial charge in [0.05, 0.1) is 19.6 Å². The van der Waals surface area contributed by atoms with Crippen molar-refractivity contribution < 1.29 is 0 Å². The van der Waals surface area contributed by atoms with Crippen LogP contribution >= 0.6 is 35.7 Å². The summed E-state index contributed by atoms with van der Waals surface area (Å²) in [5, 5.41) is 14.9. The van der Waals surface area contributed by atoms with Gasteiger partial charge in [-0.3, -0.25) is 9.98 Å². The fraction of sp³-hybridized carbons (Fsp3) is 0.857. The second kappa shape index (κ2) is 14.3. The number of hydrazone groups is 1. The van der Waals surface area contributed by atoms with Crippen LogP contribution in [0, 0.1) is 10.8 Å². The van der Waals surface area contributed by atoms with Crippen molar-refractivity contribution in [2.75, 3.05) is 39.0 Å². The maximum atomic E-state index is 5.80. The second-order valence-corrected chi connectivity index (χ2v) is 9.35. The van der Waals surface area contributed by atoms with Crippen molar-refractivity contribution in [3.63, 3.8) is 0 Å². The molecule has 2 heterocycles. The van der Waals surface area contributed by atoms with E-state index in [4.69, 9.17) is 11.5 Å². The third-order valence-corrected chi connectivity index (χ3v) is 6.77. The van der Waals surface area contributed by atoms with Gasteiger partial charge in [-0.1, -0.05) is 37.4 Å². The van der Waals surface area contributed by atoms with Crippen LogP contribution in [0.1, 0.15) is 65.2 Å². The summed E-state index contributed by atoms with van der Waals surface area (Å²) in [4.78, 5) is 8.07. The molecule has 4 N–H and O–H groups in total. The molecule has 31 heavy (non-hydrogen) atoms. The Morgan fingerprint density at radius 1 is 0.968 bits per heavy atom. The van der Waals surface area contributed by atoms with E-state index in [0.29, 0.717) is 22.0 Å². The zero-order valence-electron chi connectivity index (χ0n) is 19.4. The van der Waals surface area contributed by atoms with E-state index in [1.807, 2.05) is 25.1 Å². The van der Waals surface area contributed by atoms with Crippen LogP contribution in [0.2, 0.25) is 0 Å². The number of aliphatic imine (C=N–C) groups is 2. The van der Waals surface area contributed by atoms with Gasteiger partial charge in [-0.25, -0.2) is 5.01 Å². The van der Waals surface area contributed by atoms with E-state index in [1.54, 1.807) is 0 Å². The summed E-state index contributed by atoms with van der Waals surface area (Å²) in [6, 6.07) is 0. The van der Waals surface area contributed by atoms with Crippen molar-refractivity contribution in [3.8, 4) is 0 Å². The van der Waals surface area contributed by atoms with Crippen LogP contribution in [0.3, 0.4) is 0 Å². The zero-order chi connectivity index (χ0) is 21.9. The lowest BCUT2D eigenvalue weighted by Gasteiger charge is -2.21. The summed E-state index contributed by atoms with van der Waals surface area (Å²) >= 11 is 1.48. The summed E-state index contributed by atoms with van der Waals surface area (Å²) in [5.74, 6) is 0.563. The van der Waals surface area contributed by atoms with Crippen LogP contribution in [0.25, 0.3) is 0 Å². The van der Waals surface area contributed by atoms with E-state index in [2.05, 4.69) is 31.5 Å². The maximum Gasteiger partial charge on any atom is 0.212 e. The number of nitrogens with two attached hydrogens (primary N) is 2. The molecule has 0 atom stereocenters. The summed E-state index contributed by atoms with van der Waals surface area (Å²) in [5.41, 5.74) is 12.0. The fourth-order valence-corrected chi connectivity index (χ4v) is 4.69. The number of thioether (sulfide) groups is 1. The summed E-state index contributed by atoms with van der Waals surface area (Å²) in [7, 11) is 0. The second-order valence-electron chi connectivity index (χ2n) is 8.53. The van der Waals surface area contributed by atoms with Gasteiger partial charge >= 0.3 is 0 Å². The van der Waals surface area contributed by atoms with E-state index in [1.165, 1.54) is 63.1 Å². The molecule has 2 fully saturated rings. The van der Waals surface area contributed by atoms with E-state index >= 15 is 0 Å². The van der Waals surface area contributed by atoms with Crippen LogP contribution in [-0.2, 0) is 0 Å². The molecular weight excluding hydrogens is 523 g/mol. The molecule has 10 heteroatoms. The molecule has 0 amide bonds. The normalized spacial score (nSPS) is 22.9. The summed E-state index contributed by atoms with van der Waals surface area (Å²) in [6.07, 6.45) is 14.7. The van der Waals surface area contributed by atoms with Gasteiger partial charge in [0, 0.05) is 30.1 Å². The smallest absolute Gasteiger partial charge is 0.212 e. The minimum Gasteiger partial charge on any atom is -0.379 e. The third kappa shape index (κ3) is 8.86. The van der Waals surface area contributed by atoms with Crippen LogP contribution in [0.15, 0.2) is 25.3 Å². The van der Waals surface area contributed by atoms with Gasteiger partial charge in [0.25, 0.3) is 0 Å². The molecule has 0 aromatic carbocycles. The number of azo groups is 1. The molecule has 2 saturated carbocycles. The average Bonchev–Trinajstić information content (AvgIpc) is 3.56. The average molecular weight is 565 g/mol. The number of halogens is 1. The Morgan fingerprint density at radius 2 is 1.52 bits per heavy atom. The molecule has 0 saturated heterocycles. The van der Waals surface area contributed by atoms with Crippen molar-refractivity contribution in [3.05, 3.63) is 0 Å². The van der Waals surface area contributed by atoms with E-state index in [-0.39, 0.29) is 24.0 Å². The molecule has 2 aliphatic heterocycles. The standard InChI is InChI=1S/C10H18N4.C7H12N2.C4H10N2S.HI/c1-2-12-9(11)14-8-10(7-13-14)5-3-4-6-10;1-2-4-7(3-1)5-8-9-6-7;1-3-6-4(5)7-2;/h7H,2-6,8H2,1H3,(H2,11,12);1-6H2;3H2,1-2H3,(H2,5,6);1H. The molecule has 4 aliphatic rings. The molecule has 2 spiro atoms. The molecule has 4 rings (SSSR count). The highest BCUT2D eigenvalue weighted by Crippen LogP contribution is 2.41. The molecule has 2 aliphatic carbocycles. The highest BCUT2D eigenvalue weighted by Gasteiger charge is 2.38. The Kier molecular flexibility index (Phi) is 13.0. The molecule has 0 aromatic heterocycles. The molecule has 0 bridgehead atoms.